The summed E-state index contributed by atoms with van der Waals surface area (Å²) in [6.45, 7) is 0. The number of hydrogen-bond donors (Lipinski definition) is 1. The predicted octanol–water partition coefficient (Wildman–Crippen LogP) is 2.51. The molecule has 1 N–H and O–H groups in total. The zero-order valence-corrected chi connectivity index (χ0v) is 7.80. The maximum Gasteiger partial charge on any atom is 0.153 e. The number of hydrogen-bond acceptors (Lipinski definition) is 2. The third-order valence-electron chi connectivity index (χ3n) is 2.03. The van der Waals surface area contributed by atoms with Crippen LogP contribution in [0.25, 0.3) is 10.9 Å². The van der Waals surface area contributed by atoms with E-state index in [-0.39, 0.29) is 5.69 Å². The summed E-state index contributed by atoms with van der Waals surface area (Å²) in [6.07, 6.45) is 0.672. The average Bonchev–Trinajstić information content (AvgIpc) is 2.54. The van der Waals surface area contributed by atoms with Crippen LogP contribution in [0.15, 0.2) is 18.2 Å². The number of aldehydes is 1. The topological polar surface area (TPSA) is 56.6 Å². The van der Waals surface area contributed by atoms with Crippen LogP contribution < -0.4 is 0 Å². The Morgan fingerprint density at radius 3 is 2.93 bits per heavy atom. The first-order chi connectivity index (χ1) is 6.76. The van der Waals surface area contributed by atoms with Crippen LogP contribution in [0.1, 0.15) is 16.1 Å². The van der Waals surface area contributed by atoms with Crippen molar-refractivity contribution in [2.75, 3.05) is 0 Å². The Balaban J connectivity index is 2.88. The highest BCUT2D eigenvalue weighted by Crippen LogP contribution is 2.23. The van der Waals surface area contributed by atoms with Crippen LogP contribution in [-0.4, -0.2) is 11.3 Å². The van der Waals surface area contributed by atoms with Crippen molar-refractivity contribution in [3.8, 4) is 6.07 Å². The minimum atomic E-state index is 0.275. The van der Waals surface area contributed by atoms with Crippen LogP contribution in [0, 0.1) is 11.3 Å². The van der Waals surface area contributed by atoms with E-state index in [4.69, 9.17) is 16.9 Å². The van der Waals surface area contributed by atoms with Gasteiger partial charge in [0.05, 0.1) is 5.56 Å². The van der Waals surface area contributed by atoms with E-state index in [9.17, 15) is 4.79 Å². The fourth-order valence-electron chi connectivity index (χ4n) is 1.40. The van der Waals surface area contributed by atoms with Gasteiger partial charge in [-0.15, -0.1) is 0 Å². The first kappa shape index (κ1) is 8.79. The number of aromatic nitrogens is 1. The number of aromatic amines is 1. The molecule has 2 rings (SSSR count). The second-order valence-corrected chi connectivity index (χ2v) is 3.27. The van der Waals surface area contributed by atoms with Crippen molar-refractivity contribution in [1.29, 1.82) is 5.26 Å². The highest BCUT2D eigenvalue weighted by molar-refractivity contribution is 6.31. The van der Waals surface area contributed by atoms with Gasteiger partial charge >= 0.3 is 0 Å². The molecule has 0 saturated carbocycles. The van der Waals surface area contributed by atoms with Gasteiger partial charge in [0.2, 0.25) is 0 Å². The largest absolute Gasteiger partial charge is 0.346 e. The molecule has 0 radical (unpaired) electrons. The van der Waals surface area contributed by atoms with Gasteiger partial charge in [0, 0.05) is 15.9 Å². The Labute approximate surface area is 84.9 Å². The van der Waals surface area contributed by atoms with E-state index in [1.54, 1.807) is 18.2 Å². The van der Waals surface area contributed by atoms with Gasteiger partial charge in [-0.3, -0.25) is 4.79 Å². The molecule has 2 aromatic rings. The summed E-state index contributed by atoms with van der Waals surface area (Å²) in [7, 11) is 0. The molecule has 0 aliphatic heterocycles. The maximum absolute atomic E-state index is 10.7. The molecular weight excluding hydrogens is 200 g/mol. The van der Waals surface area contributed by atoms with E-state index in [0.29, 0.717) is 22.4 Å². The van der Waals surface area contributed by atoms with Crippen molar-refractivity contribution in [2.45, 2.75) is 0 Å². The zero-order chi connectivity index (χ0) is 10.1. The summed E-state index contributed by atoms with van der Waals surface area (Å²) in [5, 5.41) is 10.0. The van der Waals surface area contributed by atoms with E-state index in [1.807, 2.05) is 6.07 Å². The molecule has 0 saturated heterocycles. The molecule has 4 heteroatoms. The van der Waals surface area contributed by atoms with Crippen LogP contribution in [0.4, 0.5) is 0 Å². The highest BCUT2D eigenvalue weighted by Gasteiger charge is 2.09. The number of nitrogens with zero attached hydrogens (tertiary/aromatic N) is 1. The summed E-state index contributed by atoms with van der Waals surface area (Å²) in [4.78, 5) is 13.6. The van der Waals surface area contributed by atoms with Gasteiger partial charge in [-0.2, -0.15) is 5.26 Å². The molecule has 1 heterocycles. The molecule has 0 fully saturated rings. The molecule has 0 spiro atoms. The van der Waals surface area contributed by atoms with E-state index < -0.39 is 0 Å². The van der Waals surface area contributed by atoms with Crippen molar-refractivity contribution in [2.24, 2.45) is 0 Å². The monoisotopic (exact) mass is 204 g/mol. The van der Waals surface area contributed by atoms with Crippen LogP contribution >= 0.6 is 11.6 Å². The van der Waals surface area contributed by atoms with Gasteiger partial charge in [-0.25, -0.2) is 0 Å². The van der Waals surface area contributed by atoms with Crippen LogP contribution in [-0.2, 0) is 0 Å². The third kappa shape index (κ3) is 1.17. The normalized spacial score (nSPS) is 10.0. The van der Waals surface area contributed by atoms with E-state index in [1.165, 1.54) is 0 Å². The Bertz CT molecular complexity index is 551. The predicted molar refractivity (Wildman–Crippen MR) is 53.4 cm³/mol. The molecule has 0 unspecified atom stereocenters. The van der Waals surface area contributed by atoms with Crippen molar-refractivity contribution < 1.29 is 4.79 Å². The van der Waals surface area contributed by atoms with Gasteiger partial charge in [-0.1, -0.05) is 17.7 Å². The molecule has 68 valence electrons. The Kier molecular flexibility index (Phi) is 1.99. The lowest BCUT2D eigenvalue weighted by Crippen LogP contribution is -1.81. The van der Waals surface area contributed by atoms with Gasteiger partial charge in [0.1, 0.15) is 11.8 Å². The lowest BCUT2D eigenvalue weighted by Gasteiger charge is -1.90. The first-order valence-corrected chi connectivity index (χ1v) is 4.30. The van der Waals surface area contributed by atoms with Gasteiger partial charge in [0.25, 0.3) is 0 Å². The number of carbonyl (C=O) groups excluding carboxylic acids is 1. The molecule has 0 amide bonds. The molecule has 14 heavy (non-hydrogen) atoms. The van der Waals surface area contributed by atoms with Crippen LogP contribution in [0.3, 0.4) is 0 Å². The summed E-state index contributed by atoms with van der Waals surface area (Å²) < 4.78 is 0. The average molecular weight is 205 g/mol. The lowest BCUT2D eigenvalue weighted by molar-refractivity contribution is 0.112. The Hall–Kier alpha value is -1.79. The third-order valence-corrected chi connectivity index (χ3v) is 2.27. The first-order valence-electron chi connectivity index (χ1n) is 3.93. The molecule has 1 aromatic heterocycles. The number of nitrogens with one attached hydrogen (secondary N) is 1. The zero-order valence-electron chi connectivity index (χ0n) is 7.04. The second kappa shape index (κ2) is 3.17. The van der Waals surface area contributed by atoms with Gasteiger partial charge < -0.3 is 4.98 Å². The highest BCUT2D eigenvalue weighted by atomic mass is 35.5. The number of H-pyrrole nitrogens is 1. The Morgan fingerprint density at radius 2 is 2.29 bits per heavy atom. The number of rotatable bonds is 1. The molecule has 1 aromatic carbocycles. The molecule has 0 atom stereocenters. The van der Waals surface area contributed by atoms with Crippen LogP contribution in [0.2, 0.25) is 5.02 Å². The molecule has 0 aliphatic rings. The van der Waals surface area contributed by atoms with Crippen molar-refractivity contribution in [1.82, 2.24) is 4.98 Å². The number of benzene rings is 1. The van der Waals surface area contributed by atoms with Crippen molar-refractivity contribution >= 4 is 28.8 Å². The second-order valence-electron chi connectivity index (χ2n) is 2.83. The molecule has 0 aliphatic carbocycles. The number of carbonyl (C=O) groups is 1. The van der Waals surface area contributed by atoms with Crippen molar-refractivity contribution in [3.05, 3.63) is 34.5 Å². The standard InChI is InChI=1S/C10H5ClN2O/c11-6-1-2-7-8(5-14)10(4-12)13-9(7)3-6/h1-3,5,13H. The fourth-order valence-corrected chi connectivity index (χ4v) is 1.57. The molecule has 0 bridgehead atoms. The fraction of sp³-hybridized carbons (Fsp3) is 0. The van der Waals surface area contributed by atoms with Crippen LogP contribution in [0.5, 0.6) is 0 Å². The van der Waals surface area contributed by atoms with Crippen molar-refractivity contribution in [3.63, 3.8) is 0 Å². The minimum Gasteiger partial charge on any atom is -0.346 e. The smallest absolute Gasteiger partial charge is 0.153 e. The van der Waals surface area contributed by atoms with Gasteiger partial charge in [0.15, 0.2) is 6.29 Å². The summed E-state index contributed by atoms with van der Waals surface area (Å²) in [6, 6.07) is 7.02. The lowest BCUT2D eigenvalue weighted by atomic mass is 10.1. The van der Waals surface area contributed by atoms with E-state index in [0.717, 1.165) is 5.39 Å². The minimum absolute atomic E-state index is 0.275. The SMILES string of the molecule is N#Cc1[nH]c2cc(Cl)ccc2c1C=O. The van der Waals surface area contributed by atoms with E-state index in [2.05, 4.69) is 4.98 Å². The number of fused-ring (bicyclic) bond motifs is 1. The van der Waals surface area contributed by atoms with Gasteiger partial charge in [-0.05, 0) is 12.1 Å². The summed E-state index contributed by atoms with van der Waals surface area (Å²) in [5.41, 5.74) is 1.37. The summed E-state index contributed by atoms with van der Waals surface area (Å²) >= 11 is 5.78. The number of nitriles is 1. The molecule has 3 nitrogen and oxygen atoms in total. The number of halogens is 1. The summed E-state index contributed by atoms with van der Waals surface area (Å²) in [5.74, 6) is 0. The molecular formula is C10H5ClN2O. The Morgan fingerprint density at radius 1 is 1.50 bits per heavy atom. The van der Waals surface area contributed by atoms with E-state index >= 15 is 0 Å². The quantitative estimate of drug-likeness (QED) is 0.726. The maximum atomic E-state index is 10.7.